The maximum absolute atomic E-state index is 13.0. The van der Waals surface area contributed by atoms with Crippen LogP contribution in [0.3, 0.4) is 0 Å². The zero-order valence-electron chi connectivity index (χ0n) is 15.4. The van der Waals surface area contributed by atoms with Crippen LogP contribution in [-0.2, 0) is 17.7 Å². The van der Waals surface area contributed by atoms with Crippen molar-refractivity contribution in [2.45, 2.75) is 32.2 Å². The van der Waals surface area contributed by atoms with Crippen LogP contribution < -0.4 is 4.74 Å². The van der Waals surface area contributed by atoms with Gasteiger partial charge in [0, 0.05) is 36.3 Å². The van der Waals surface area contributed by atoms with Gasteiger partial charge in [-0.1, -0.05) is 6.42 Å². The van der Waals surface area contributed by atoms with E-state index in [4.69, 9.17) is 9.47 Å². The molecule has 4 rings (SSSR count). The summed E-state index contributed by atoms with van der Waals surface area (Å²) in [5.41, 5.74) is 2.87. The minimum Gasteiger partial charge on any atom is -0.493 e. The molecule has 1 aliphatic heterocycles. The van der Waals surface area contributed by atoms with Gasteiger partial charge in [0.05, 0.1) is 25.5 Å². The summed E-state index contributed by atoms with van der Waals surface area (Å²) in [5, 5.41) is 7.01. The smallest absolute Gasteiger partial charge is 0.338 e. The van der Waals surface area contributed by atoms with Gasteiger partial charge in [-0.25, -0.2) is 4.79 Å². The summed E-state index contributed by atoms with van der Waals surface area (Å²) >= 11 is 0. The van der Waals surface area contributed by atoms with Gasteiger partial charge in [0.25, 0.3) is 5.91 Å². The lowest BCUT2D eigenvalue weighted by Crippen LogP contribution is -2.35. The summed E-state index contributed by atoms with van der Waals surface area (Å²) < 4.78 is 10.7. The van der Waals surface area contributed by atoms with Crippen molar-refractivity contribution in [2.24, 2.45) is 5.92 Å². The molecule has 0 saturated heterocycles. The van der Waals surface area contributed by atoms with Gasteiger partial charge in [0.2, 0.25) is 0 Å². The first-order valence-corrected chi connectivity index (χ1v) is 9.30. The number of rotatable bonds is 5. The van der Waals surface area contributed by atoms with Crippen LogP contribution in [0.2, 0.25) is 0 Å². The number of nitrogens with one attached hydrogen (secondary N) is 1. The SMILES string of the molecule is COC(=O)c1cc(OCC2CCC2)cc(C(=O)N2CCc3[nH]ncc3C2)c1. The lowest BCUT2D eigenvalue weighted by Gasteiger charge is -2.27. The monoisotopic (exact) mass is 369 g/mol. The maximum Gasteiger partial charge on any atom is 0.338 e. The van der Waals surface area contributed by atoms with Gasteiger partial charge < -0.3 is 14.4 Å². The predicted octanol–water partition coefficient (Wildman–Crippen LogP) is 2.57. The second-order valence-corrected chi connectivity index (χ2v) is 7.20. The molecule has 27 heavy (non-hydrogen) atoms. The number of methoxy groups -OCH3 is 1. The number of benzene rings is 1. The minimum absolute atomic E-state index is 0.124. The Labute approximate surface area is 157 Å². The van der Waals surface area contributed by atoms with E-state index in [-0.39, 0.29) is 5.91 Å². The van der Waals surface area contributed by atoms with E-state index in [1.807, 2.05) is 0 Å². The Bertz CT molecular complexity index is 857. The average Bonchev–Trinajstić information content (AvgIpc) is 3.13. The van der Waals surface area contributed by atoms with Crippen LogP contribution in [0.25, 0.3) is 0 Å². The highest BCUT2D eigenvalue weighted by atomic mass is 16.5. The maximum atomic E-state index is 13.0. The molecule has 7 nitrogen and oxygen atoms in total. The van der Waals surface area contributed by atoms with Crippen molar-refractivity contribution in [1.29, 1.82) is 0 Å². The van der Waals surface area contributed by atoms with Crippen LogP contribution in [0.1, 0.15) is 51.2 Å². The molecular weight excluding hydrogens is 346 g/mol. The number of hydrogen-bond acceptors (Lipinski definition) is 5. The summed E-state index contributed by atoms with van der Waals surface area (Å²) in [4.78, 5) is 26.8. The van der Waals surface area contributed by atoms with E-state index in [2.05, 4.69) is 10.2 Å². The topological polar surface area (TPSA) is 84.5 Å². The van der Waals surface area contributed by atoms with E-state index in [1.165, 1.54) is 26.4 Å². The number of carbonyl (C=O) groups is 2. The van der Waals surface area contributed by atoms with Crippen LogP contribution in [0, 0.1) is 5.92 Å². The molecule has 0 spiro atoms. The molecular formula is C20H23N3O4. The lowest BCUT2D eigenvalue weighted by atomic mass is 9.86. The number of H-pyrrole nitrogens is 1. The fraction of sp³-hybridized carbons (Fsp3) is 0.450. The Morgan fingerprint density at radius 2 is 2.07 bits per heavy atom. The molecule has 7 heteroatoms. The van der Waals surface area contributed by atoms with Gasteiger partial charge in [-0.2, -0.15) is 5.10 Å². The number of esters is 1. The van der Waals surface area contributed by atoms with Gasteiger partial charge in [0.15, 0.2) is 0 Å². The lowest BCUT2D eigenvalue weighted by molar-refractivity contribution is 0.0600. The van der Waals surface area contributed by atoms with Crippen molar-refractivity contribution < 1.29 is 19.1 Å². The number of fused-ring (bicyclic) bond motifs is 1. The molecule has 0 atom stereocenters. The molecule has 0 radical (unpaired) electrons. The summed E-state index contributed by atoms with van der Waals surface area (Å²) in [5.74, 6) is 0.497. The number of ether oxygens (including phenoxy) is 2. The second kappa shape index (κ2) is 7.42. The third-order valence-corrected chi connectivity index (χ3v) is 5.37. The first-order chi connectivity index (χ1) is 13.1. The zero-order chi connectivity index (χ0) is 18.8. The molecule has 1 aliphatic carbocycles. The molecule has 142 valence electrons. The zero-order valence-corrected chi connectivity index (χ0v) is 15.4. The Hall–Kier alpha value is -2.83. The number of hydrogen-bond donors (Lipinski definition) is 1. The molecule has 2 aromatic rings. The van der Waals surface area contributed by atoms with E-state index in [0.29, 0.717) is 42.5 Å². The Morgan fingerprint density at radius 1 is 1.26 bits per heavy atom. The first-order valence-electron chi connectivity index (χ1n) is 9.30. The first kappa shape index (κ1) is 17.6. The van der Waals surface area contributed by atoms with E-state index in [9.17, 15) is 9.59 Å². The molecule has 1 aromatic heterocycles. The van der Waals surface area contributed by atoms with Crippen LogP contribution in [0.4, 0.5) is 0 Å². The van der Waals surface area contributed by atoms with E-state index < -0.39 is 5.97 Å². The van der Waals surface area contributed by atoms with Gasteiger partial charge in [-0.3, -0.25) is 9.89 Å². The van der Waals surface area contributed by atoms with Gasteiger partial charge >= 0.3 is 5.97 Å². The summed E-state index contributed by atoms with van der Waals surface area (Å²) in [6, 6.07) is 4.94. The number of aromatic nitrogens is 2. The number of nitrogens with zero attached hydrogens (tertiary/aromatic N) is 2. The van der Waals surface area contributed by atoms with Crippen LogP contribution in [0.15, 0.2) is 24.4 Å². The van der Waals surface area contributed by atoms with E-state index >= 15 is 0 Å². The second-order valence-electron chi connectivity index (χ2n) is 7.20. The third kappa shape index (κ3) is 3.67. The van der Waals surface area contributed by atoms with Crippen molar-refractivity contribution in [2.75, 3.05) is 20.3 Å². The Balaban J connectivity index is 1.56. The van der Waals surface area contributed by atoms with Crippen LogP contribution in [0.5, 0.6) is 5.75 Å². The van der Waals surface area contributed by atoms with Crippen molar-refractivity contribution in [3.05, 3.63) is 46.8 Å². The van der Waals surface area contributed by atoms with Crippen LogP contribution >= 0.6 is 0 Å². The van der Waals surface area contributed by atoms with Crippen LogP contribution in [-0.4, -0.2) is 47.2 Å². The summed E-state index contributed by atoms with van der Waals surface area (Å²) in [7, 11) is 1.33. The van der Waals surface area contributed by atoms with Crippen molar-refractivity contribution in [1.82, 2.24) is 15.1 Å². The Kier molecular flexibility index (Phi) is 4.83. The fourth-order valence-corrected chi connectivity index (χ4v) is 3.49. The van der Waals surface area contributed by atoms with Gasteiger partial charge in [0.1, 0.15) is 5.75 Å². The van der Waals surface area contributed by atoms with E-state index in [1.54, 1.807) is 29.3 Å². The molecule has 1 N–H and O–H groups in total. The highest BCUT2D eigenvalue weighted by molar-refractivity contribution is 5.98. The summed E-state index contributed by atoms with van der Waals surface area (Å²) in [6.45, 7) is 1.72. The van der Waals surface area contributed by atoms with Crippen molar-refractivity contribution in [3.8, 4) is 5.75 Å². The van der Waals surface area contributed by atoms with Gasteiger partial charge in [-0.05, 0) is 37.0 Å². The molecule has 1 amide bonds. The Morgan fingerprint density at radius 3 is 2.81 bits per heavy atom. The molecule has 0 bridgehead atoms. The molecule has 1 fully saturated rings. The van der Waals surface area contributed by atoms with Crippen molar-refractivity contribution >= 4 is 11.9 Å². The quantitative estimate of drug-likeness (QED) is 0.819. The fourth-order valence-electron chi connectivity index (χ4n) is 3.49. The molecule has 1 saturated carbocycles. The predicted molar refractivity (Wildman–Crippen MR) is 97.6 cm³/mol. The number of amides is 1. The van der Waals surface area contributed by atoms with E-state index in [0.717, 1.165) is 17.7 Å². The third-order valence-electron chi connectivity index (χ3n) is 5.37. The molecule has 1 aromatic carbocycles. The molecule has 2 heterocycles. The summed E-state index contributed by atoms with van der Waals surface area (Å²) in [6.07, 6.45) is 6.08. The average molecular weight is 369 g/mol. The van der Waals surface area contributed by atoms with Crippen molar-refractivity contribution in [3.63, 3.8) is 0 Å². The number of carbonyl (C=O) groups excluding carboxylic acids is 2. The highest BCUT2D eigenvalue weighted by Gasteiger charge is 2.25. The van der Waals surface area contributed by atoms with Gasteiger partial charge in [-0.15, -0.1) is 0 Å². The normalized spacial score (nSPS) is 16.4. The number of aromatic amines is 1. The minimum atomic E-state index is -0.478. The molecule has 0 unspecified atom stereocenters. The highest BCUT2D eigenvalue weighted by Crippen LogP contribution is 2.28. The largest absolute Gasteiger partial charge is 0.493 e. The molecule has 2 aliphatic rings. The standard InChI is InChI=1S/C20H23N3O4/c1-26-20(25)15-7-14(8-17(9-15)27-12-13-3-2-4-13)19(24)23-6-5-18-16(11-23)10-21-22-18/h7-10,13H,2-6,11-12H2,1H3,(H,21,22).